The molecule has 4 heteroatoms. The van der Waals surface area contributed by atoms with E-state index >= 15 is 0 Å². The van der Waals surface area contributed by atoms with Gasteiger partial charge in [-0.3, -0.25) is 4.90 Å². The largest absolute Gasteiger partial charge is 0.368 e. The van der Waals surface area contributed by atoms with Crippen LogP contribution in [0.25, 0.3) is 0 Å². The molecule has 0 amide bonds. The van der Waals surface area contributed by atoms with Gasteiger partial charge >= 0.3 is 0 Å². The molecule has 2 heterocycles. The predicted octanol–water partition coefficient (Wildman–Crippen LogP) is 3.29. The lowest BCUT2D eigenvalue weighted by Gasteiger charge is -2.48. The van der Waals surface area contributed by atoms with Gasteiger partial charge < -0.3 is 10.5 Å². The highest BCUT2D eigenvalue weighted by Crippen LogP contribution is 2.48. The molecule has 120 valence electrons. The van der Waals surface area contributed by atoms with Crippen LogP contribution in [-0.4, -0.2) is 41.3 Å². The number of rotatable bonds is 5. The molecule has 2 unspecified atom stereocenters. The van der Waals surface area contributed by atoms with Gasteiger partial charge in [-0.25, -0.2) is 0 Å². The van der Waals surface area contributed by atoms with E-state index in [4.69, 9.17) is 10.5 Å². The summed E-state index contributed by atoms with van der Waals surface area (Å²) in [5, 5.41) is 2.15. The number of hydrogen-bond donors (Lipinski definition) is 1. The van der Waals surface area contributed by atoms with E-state index in [2.05, 4.69) is 64.1 Å². The number of ether oxygens (including phenoxy) is 1. The van der Waals surface area contributed by atoms with Gasteiger partial charge in [0, 0.05) is 17.5 Å². The quantitative estimate of drug-likeness (QED) is 0.907. The second-order valence-corrected chi connectivity index (χ2v) is 8.56. The summed E-state index contributed by atoms with van der Waals surface area (Å²) in [5.41, 5.74) is 5.77. The lowest BCUT2D eigenvalue weighted by Crippen LogP contribution is -2.64. The smallest absolute Gasteiger partial charge is 0.0830 e. The minimum absolute atomic E-state index is 0.118. The van der Waals surface area contributed by atoms with Gasteiger partial charge in [-0.1, -0.05) is 6.07 Å². The monoisotopic (exact) mass is 310 g/mol. The van der Waals surface area contributed by atoms with Gasteiger partial charge in [-0.15, -0.1) is 11.3 Å². The third-order valence-electron chi connectivity index (χ3n) is 5.12. The van der Waals surface area contributed by atoms with Gasteiger partial charge in [0.15, 0.2) is 0 Å². The standard InChI is InChI=1S/C17H30N2OS/c1-13(10-14-8-7-9-21-14)19(6)17(12-18)11-15(2,3)20-16(17,4)5/h7-9,13H,10-12,18H2,1-6H3. The van der Waals surface area contributed by atoms with Crippen molar-refractivity contribution < 1.29 is 4.74 Å². The maximum Gasteiger partial charge on any atom is 0.0830 e. The number of nitrogens with zero attached hydrogens (tertiary/aromatic N) is 1. The van der Waals surface area contributed by atoms with E-state index in [1.54, 1.807) is 0 Å². The van der Waals surface area contributed by atoms with Gasteiger partial charge in [0.1, 0.15) is 0 Å². The van der Waals surface area contributed by atoms with Crippen molar-refractivity contribution in [2.24, 2.45) is 5.73 Å². The van der Waals surface area contributed by atoms with Gasteiger partial charge in [0.05, 0.1) is 16.7 Å². The molecule has 0 radical (unpaired) electrons. The zero-order valence-corrected chi connectivity index (χ0v) is 15.1. The Hall–Kier alpha value is -0.420. The zero-order chi connectivity index (χ0) is 15.9. The summed E-state index contributed by atoms with van der Waals surface area (Å²) in [4.78, 5) is 3.89. The molecule has 2 atom stereocenters. The molecule has 0 aliphatic carbocycles. The molecule has 1 aliphatic heterocycles. The molecule has 2 N–H and O–H groups in total. The van der Waals surface area contributed by atoms with E-state index < -0.39 is 0 Å². The summed E-state index contributed by atoms with van der Waals surface area (Å²) >= 11 is 1.83. The van der Waals surface area contributed by atoms with Crippen molar-refractivity contribution in [3.63, 3.8) is 0 Å². The van der Waals surface area contributed by atoms with Crippen molar-refractivity contribution in [3.05, 3.63) is 22.4 Å². The molecule has 0 aromatic carbocycles. The Morgan fingerprint density at radius 2 is 2.05 bits per heavy atom. The number of hydrogen-bond acceptors (Lipinski definition) is 4. The van der Waals surface area contributed by atoms with Crippen LogP contribution in [0.5, 0.6) is 0 Å². The average molecular weight is 311 g/mol. The second-order valence-electron chi connectivity index (χ2n) is 7.53. The molecule has 0 spiro atoms. The van der Waals surface area contributed by atoms with Crippen LogP contribution in [0, 0.1) is 0 Å². The summed E-state index contributed by atoms with van der Waals surface area (Å²) in [6, 6.07) is 4.77. The third-order valence-corrected chi connectivity index (χ3v) is 6.02. The number of nitrogens with two attached hydrogens (primary N) is 1. The minimum atomic E-state index is -0.246. The predicted molar refractivity (Wildman–Crippen MR) is 90.9 cm³/mol. The maximum absolute atomic E-state index is 6.33. The van der Waals surface area contributed by atoms with E-state index in [1.165, 1.54) is 4.88 Å². The van der Waals surface area contributed by atoms with Crippen LogP contribution in [0.1, 0.15) is 45.9 Å². The highest BCUT2D eigenvalue weighted by atomic mass is 32.1. The highest BCUT2D eigenvalue weighted by Gasteiger charge is 2.59. The fourth-order valence-electron chi connectivity index (χ4n) is 4.03. The first kappa shape index (κ1) is 16.9. The Labute approximate surface area is 133 Å². The number of likely N-dealkylation sites (N-methyl/N-ethyl adjacent to an activating group) is 1. The van der Waals surface area contributed by atoms with Gasteiger partial charge in [-0.2, -0.15) is 0 Å². The van der Waals surface area contributed by atoms with Crippen LogP contribution in [-0.2, 0) is 11.2 Å². The van der Waals surface area contributed by atoms with Gasteiger partial charge in [0.25, 0.3) is 0 Å². The van der Waals surface area contributed by atoms with Gasteiger partial charge in [0.2, 0.25) is 0 Å². The molecule has 1 saturated heterocycles. The summed E-state index contributed by atoms with van der Waals surface area (Å²) in [7, 11) is 2.21. The first-order valence-electron chi connectivity index (χ1n) is 7.79. The van der Waals surface area contributed by atoms with Crippen molar-refractivity contribution in [1.29, 1.82) is 0 Å². The first-order valence-corrected chi connectivity index (χ1v) is 8.67. The second kappa shape index (κ2) is 5.65. The third kappa shape index (κ3) is 3.04. The fourth-order valence-corrected chi connectivity index (χ4v) is 4.86. The summed E-state index contributed by atoms with van der Waals surface area (Å²) < 4.78 is 6.33. The van der Waals surface area contributed by atoms with Crippen LogP contribution >= 0.6 is 11.3 Å². The molecular weight excluding hydrogens is 280 g/mol. The summed E-state index contributed by atoms with van der Waals surface area (Å²) in [5.74, 6) is 0. The lowest BCUT2D eigenvalue weighted by molar-refractivity contribution is -0.105. The van der Waals surface area contributed by atoms with E-state index in [-0.39, 0.29) is 16.7 Å². The Kier molecular flexibility index (Phi) is 4.56. The molecule has 2 rings (SSSR count). The van der Waals surface area contributed by atoms with Crippen molar-refractivity contribution in [2.45, 2.75) is 70.2 Å². The molecule has 0 saturated carbocycles. The van der Waals surface area contributed by atoms with Crippen molar-refractivity contribution >= 4 is 11.3 Å². The van der Waals surface area contributed by atoms with Crippen LogP contribution in [0.4, 0.5) is 0 Å². The van der Waals surface area contributed by atoms with E-state index in [1.807, 2.05) is 11.3 Å². The molecule has 1 aromatic heterocycles. The molecular formula is C17H30N2OS. The molecule has 1 fully saturated rings. The molecule has 0 bridgehead atoms. The maximum atomic E-state index is 6.33. The lowest BCUT2D eigenvalue weighted by atomic mass is 9.77. The van der Waals surface area contributed by atoms with Gasteiger partial charge in [-0.05, 0) is 66.0 Å². The Morgan fingerprint density at radius 1 is 1.38 bits per heavy atom. The minimum Gasteiger partial charge on any atom is -0.368 e. The normalized spacial score (nSPS) is 29.0. The Morgan fingerprint density at radius 3 is 2.48 bits per heavy atom. The molecule has 21 heavy (non-hydrogen) atoms. The highest BCUT2D eigenvalue weighted by molar-refractivity contribution is 7.09. The summed E-state index contributed by atoms with van der Waals surface area (Å²) in [6.07, 6.45) is 2.03. The van der Waals surface area contributed by atoms with Crippen LogP contribution in [0.15, 0.2) is 17.5 Å². The zero-order valence-electron chi connectivity index (χ0n) is 14.3. The van der Waals surface area contributed by atoms with Crippen LogP contribution in [0.2, 0.25) is 0 Å². The van der Waals surface area contributed by atoms with Crippen molar-refractivity contribution in [1.82, 2.24) is 4.90 Å². The topological polar surface area (TPSA) is 38.5 Å². The molecule has 1 aromatic rings. The van der Waals surface area contributed by atoms with Crippen molar-refractivity contribution in [2.75, 3.05) is 13.6 Å². The number of thiophene rings is 1. The average Bonchev–Trinajstić information content (AvgIpc) is 2.92. The van der Waals surface area contributed by atoms with Crippen LogP contribution < -0.4 is 5.73 Å². The Bertz CT molecular complexity index is 469. The van der Waals surface area contributed by atoms with Crippen LogP contribution in [0.3, 0.4) is 0 Å². The van der Waals surface area contributed by atoms with Crippen molar-refractivity contribution in [3.8, 4) is 0 Å². The first-order chi connectivity index (χ1) is 9.63. The molecule has 3 nitrogen and oxygen atoms in total. The Balaban J connectivity index is 2.23. The molecule has 1 aliphatic rings. The fraction of sp³-hybridized carbons (Fsp3) is 0.765. The van der Waals surface area contributed by atoms with E-state index in [0.717, 1.165) is 12.8 Å². The van der Waals surface area contributed by atoms with E-state index in [0.29, 0.717) is 12.6 Å². The SMILES string of the molecule is CC(Cc1cccs1)N(C)C1(CN)CC(C)(C)OC1(C)C. The summed E-state index contributed by atoms with van der Waals surface area (Å²) in [6.45, 7) is 11.6. The van der Waals surface area contributed by atoms with E-state index in [9.17, 15) is 0 Å².